The molecule has 0 aromatic heterocycles. The van der Waals surface area contributed by atoms with Gasteiger partial charge in [-0.2, -0.15) is 0 Å². The number of hydrogen-bond donors (Lipinski definition) is 3. The highest BCUT2D eigenvalue weighted by Crippen LogP contribution is 2.43. The summed E-state index contributed by atoms with van der Waals surface area (Å²) in [7, 11) is -4.61. The van der Waals surface area contributed by atoms with E-state index in [9.17, 15) is 24.2 Å². The Morgan fingerprint density at radius 3 is 1.07 bits per heavy atom. The molecule has 0 spiro atoms. The molecule has 0 radical (unpaired) electrons. The lowest BCUT2D eigenvalue weighted by Gasteiger charge is -2.20. The van der Waals surface area contributed by atoms with E-state index in [1.165, 1.54) is 180 Å². The average Bonchev–Trinajstić information content (AvgIpc) is 3.21. The second kappa shape index (κ2) is 44.0. The summed E-state index contributed by atoms with van der Waals surface area (Å²) in [5.41, 5.74) is 0. The molecular weight excluding hydrogens is 755 g/mol. The van der Waals surface area contributed by atoms with Gasteiger partial charge in [0.2, 0.25) is 0 Å². The van der Waals surface area contributed by atoms with Crippen LogP contribution in [0.25, 0.3) is 0 Å². The van der Waals surface area contributed by atoms with Crippen molar-refractivity contribution in [3.63, 3.8) is 0 Å². The number of carbonyl (C=O) groups excluding carboxylic acids is 2. The second-order valence-corrected chi connectivity index (χ2v) is 18.3. The molecular formula is C47H93O10P. The van der Waals surface area contributed by atoms with Gasteiger partial charge in [-0.3, -0.25) is 18.6 Å². The molecule has 0 bridgehead atoms. The summed E-state index contributed by atoms with van der Waals surface area (Å²) in [4.78, 5) is 35.1. The lowest BCUT2D eigenvalue weighted by Crippen LogP contribution is -2.29. The van der Waals surface area contributed by atoms with Crippen LogP contribution in [0.5, 0.6) is 0 Å². The number of carbonyl (C=O) groups is 2. The zero-order valence-corrected chi connectivity index (χ0v) is 38.7. The molecule has 0 saturated carbocycles. The summed E-state index contributed by atoms with van der Waals surface area (Å²) in [5.74, 6) is -0.904. The molecule has 0 aromatic carbocycles. The third kappa shape index (κ3) is 43.1. The summed E-state index contributed by atoms with van der Waals surface area (Å²) in [6, 6.07) is 0. The number of aliphatic hydroxyl groups is 2. The van der Waals surface area contributed by atoms with E-state index < -0.39 is 51.8 Å². The minimum absolute atomic E-state index is 0.193. The number of unbranched alkanes of at least 4 members (excludes halogenated alkanes) is 33. The Morgan fingerprint density at radius 2 is 0.741 bits per heavy atom. The number of esters is 2. The Morgan fingerprint density at radius 1 is 0.448 bits per heavy atom. The normalized spacial score (nSPS) is 13.7. The van der Waals surface area contributed by atoms with Gasteiger partial charge in [0.1, 0.15) is 12.7 Å². The van der Waals surface area contributed by atoms with E-state index in [1.54, 1.807) is 0 Å². The molecule has 0 rings (SSSR count). The van der Waals surface area contributed by atoms with Crippen LogP contribution in [0.1, 0.15) is 251 Å². The number of rotatable bonds is 47. The molecule has 11 heteroatoms. The van der Waals surface area contributed by atoms with E-state index in [0.717, 1.165) is 32.1 Å². The molecule has 0 aliphatic carbocycles. The topological polar surface area (TPSA) is 149 Å². The molecule has 3 atom stereocenters. The highest BCUT2D eigenvalue weighted by molar-refractivity contribution is 7.47. The van der Waals surface area contributed by atoms with E-state index in [1.807, 2.05) is 0 Å². The van der Waals surface area contributed by atoms with Gasteiger partial charge >= 0.3 is 19.8 Å². The number of aliphatic hydroxyl groups excluding tert-OH is 2. The Bertz CT molecular complexity index is 935. The van der Waals surface area contributed by atoms with Gasteiger partial charge in [0.05, 0.1) is 19.8 Å². The van der Waals surface area contributed by atoms with Gasteiger partial charge in [-0.05, 0) is 12.8 Å². The first-order valence-electron chi connectivity index (χ1n) is 24.5. The van der Waals surface area contributed by atoms with Crippen molar-refractivity contribution in [1.29, 1.82) is 0 Å². The Labute approximate surface area is 356 Å². The first-order chi connectivity index (χ1) is 28.2. The van der Waals surface area contributed by atoms with Gasteiger partial charge in [-0.25, -0.2) is 4.57 Å². The maximum absolute atomic E-state index is 12.6. The van der Waals surface area contributed by atoms with Crippen molar-refractivity contribution in [2.24, 2.45) is 0 Å². The van der Waals surface area contributed by atoms with E-state index in [0.29, 0.717) is 12.8 Å². The van der Waals surface area contributed by atoms with E-state index in [2.05, 4.69) is 13.8 Å². The molecule has 0 aliphatic rings. The van der Waals surface area contributed by atoms with Gasteiger partial charge in [-0.1, -0.05) is 226 Å². The number of phosphoric acid groups is 1. The number of ether oxygens (including phenoxy) is 2. The van der Waals surface area contributed by atoms with Gasteiger partial charge in [0, 0.05) is 12.8 Å². The maximum atomic E-state index is 12.6. The Kier molecular flexibility index (Phi) is 43.3. The molecule has 1 unspecified atom stereocenters. The fraction of sp³-hybridized carbons (Fsp3) is 0.957. The first-order valence-corrected chi connectivity index (χ1v) is 26.0. The molecule has 3 N–H and O–H groups in total. The van der Waals surface area contributed by atoms with Crippen LogP contribution in [0.4, 0.5) is 0 Å². The third-order valence-corrected chi connectivity index (χ3v) is 12.0. The van der Waals surface area contributed by atoms with Gasteiger partial charge in [-0.15, -0.1) is 0 Å². The highest BCUT2D eigenvalue weighted by atomic mass is 31.2. The lowest BCUT2D eigenvalue weighted by atomic mass is 10.0. The molecule has 10 nitrogen and oxygen atoms in total. The van der Waals surface area contributed by atoms with Crippen LogP contribution in [0.3, 0.4) is 0 Å². The van der Waals surface area contributed by atoms with Crippen LogP contribution in [0.15, 0.2) is 0 Å². The van der Waals surface area contributed by atoms with Gasteiger partial charge in [0.25, 0.3) is 0 Å². The molecule has 0 amide bonds. The van der Waals surface area contributed by atoms with E-state index in [-0.39, 0.29) is 19.4 Å². The van der Waals surface area contributed by atoms with Crippen LogP contribution < -0.4 is 0 Å². The Hall–Kier alpha value is -1.03. The second-order valence-electron chi connectivity index (χ2n) is 16.9. The fourth-order valence-electron chi connectivity index (χ4n) is 7.23. The van der Waals surface area contributed by atoms with Crippen LogP contribution in [0.2, 0.25) is 0 Å². The van der Waals surface area contributed by atoms with E-state index in [4.69, 9.17) is 23.6 Å². The van der Waals surface area contributed by atoms with Gasteiger partial charge in [0.15, 0.2) is 6.10 Å². The number of hydrogen-bond acceptors (Lipinski definition) is 9. The standard InChI is InChI=1S/C47H93O10P/c1-3-5-7-9-11-13-15-17-19-20-21-22-23-25-26-28-30-32-34-36-38-46(50)54-42-45(43-56-58(52,53)55-41-44(49)40-48)57-47(51)39-37-35-33-31-29-27-24-18-16-14-12-10-8-6-4-2/h44-45,48-49H,3-43H2,1-2H3,(H,52,53)/t44-,45-/m1/s1. The van der Waals surface area contributed by atoms with Crippen LogP contribution in [-0.4, -0.2) is 65.7 Å². The van der Waals surface area contributed by atoms with Crippen LogP contribution in [-0.2, 0) is 32.7 Å². The smallest absolute Gasteiger partial charge is 0.462 e. The maximum Gasteiger partial charge on any atom is 0.472 e. The lowest BCUT2D eigenvalue weighted by molar-refractivity contribution is -0.161. The van der Waals surface area contributed by atoms with Crippen molar-refractivity contribution < 1.29 is 47.8 Å². The molecule has 0 aliphatic heterocycles. The molecule has 0 heterocycles. The monoisotopic (exact) mass is 849 g/mol. The van der Waals surface area contributed by atoms with Crippen molar-refractivity contribution in [3.8, 4) is 0 Å². The summed E-state index contributed by atoms with van der Waals surface area (Å²) in [6.45, 7) is 2.44. The minimum Gasteiger partial charge on any atom is -0.462 e. The van der Waals surface area contributed by atoms with Crippen LogP contribution in [0, 0.1) is 0 Å². The van der Waals surface area contributed by atoms with Crippen molar-refractivity contribution in [2.75, 3.05) is 26.4 Å². The van der Waals surface area contributed by atoms with Gasteiger partial charge < -0.3 is 24.6 Å². The minimum atomic E-state index is -4.61. The Balaban J connectivity index is 4.14. The van der Waals surface area contributed by atoms with Crippen molar-refractivity contribution in [2.45, 2.75) is 264 Å². The molecule has 346 valence electrons. The van der Waals surface area contributed by atoms with E-state index >= 15 is 0 Å². The number of phosphoric ester groups is 1. The summed E-state index contributed by atoms with van der Waals surface area (Å²) in [6.07, 6.45) is 42.1. The van der Waals surface area contributed by atoms with Crippen molar-refractivity contribution >= 4 is 19.8 Å². The zero-order chi connectivity index (χ0) is 42.6. The SMILES string of the molecule is CCCCCCCCCCCCCCCCCCCCCCC(=O)OC[C@H](COP(=O)(O)OC[C@H](O)CO)OC(=O)CCCCCCCCCCCCCCCCC. The molecule has 0 saturated heterocycles. The largest absolute Gasteiger partial charge is 0.472 e. The molecule has 0 fully saturated rings. The fourth-order valence-corrected chi connectivity index (χ4v) is 8.02. The predicted molar refractivity (Wildman–Crippen MR) is 238 cm³/mol. The third-order valence-electron chi connectivity index (χ3n) is 11.0. The molecule has 0 aromatic rings. The highest BCUT2D eigenvalue weighted by Gasteiger charge is 2.27. The quantitative estimate of drug-likeness (QED) is 0.0307. The summed E-state index contributed by atoms with van der Waals surface area (Å²) < 4.78 is 32.8. The average molecular weight is 849 g/mol. The van der Waals surface area contributed by atoms with Crippen molar-refractivity contribution in [3.05, 3.63) is 0 Å². The summed E-state index contributed by atoms with van der Waals surface area (Å²) in [5, 5.41) is 18.4. The first kappa shape index (κ1) is 57.0. The summed E-state index contributed by atoms with van der Waals surface area (Å²) >= 11 is 0. The molecule has 58 heavy (non-hydrogen) atoms. The predicted octanol–water partition coefficient (Wildman–Crippen LogP) is 13.4. The zero-order valence-electron chi connectivity index (χ0n) is 37.8. The van der Waals surface area contributed by atoms with Crippen molar-refractivity contribution in [1.82, 2.24) is 0 Å². The van der Waals surface area contributed by atoms with Crippen LogP contribution >= 0.6 is 7.82 Å².